The Kier molecular flexibility index (Phi) is 2.04. The molecule has 0 fully saturated rings. The Bertz CT molecular complexity index is 1010. The van der Waals surface area contributed by atoms with Gasteiger partial charge in [-0.25, -0.2) is 0 Å². The molecule has 1 nitrogen and oxygen atoms in total. The molecule has 0 spiro atoms. The summed E-state index contributed by atoms with van der Waals surface area (Å²) in [6, 6.07) is 17.8. The molecule has 0 aliphatic heterocycles. The van der Waals surface area contributed by atoms with Gasteiger partial charge in [0, 0.05) is 25.9 Å². The first-order valence-corrected chi connectivity index (χ1v) is 7.29. The van der Waals surface area contributed by atoms with Crippen LogP contribution in [-0.2, 0) is 6.37 Å². The Hall–Kier alpha value is -2.41. The van der Waals surface area contributed by atoms with Crippen LogP contribution in [0.4, 0.5) is 0 Å². The van der Waals surface area contributed by atoms with E-state index in [1.54, 1.807) is 18.2 Å². The van der Waals surface area contributed by atoms with E-state index in [0.29, 0.717) is 16.8 Å². The summed E-state index contributed by atoms with van der Waals surface area (Å²) < 4.78 is 48.3. The number of aryl methyl sites for hydroxylation is 2. The van der Waals surface area contributed by atoms with Gasteiger partial charge < -0.3 is 0 Å². The number of hydrogen-bond acceptors (Lipinski definition) is 1. The summed E-state index contributed by atoms with van der Waals surface area (Å²) in [6.45, 7) is -2.21. The Morgan fingerprint density at radius 2 is 2.05 bits per heavy atom. The van der Waals surface area contributed by atoms with E-state index < -0.39 is 19.1 Å². The van der Waals surface area contributed by atoms with Crippen LogP contribution < -0.4 is 0 Å². The molecule has 0 radical (unpaired) electrons. The number of nitrogens with zero attached hydrogens (tertiary/aromatic N) is 1. The van der Waals surface area contributed by atoms with Crippen LogP contribution >= 0.6 is 0 Å². The van der Waals surface area contributed by atoms with Gasteiger partial charge in [-0.2, -0.15) is 0 Å². The van der Waals surface area contributed by atoms with Gasteiger partial charge in [-0.15, -0.1) is 0 Å². The summed E-state index contributed by atoms with van der Waals surface area (Å²) in [5, 5.41) is 0. The molecule has 0 saturated heterocycles. The number of hydrogen-bond donors (Lipinski definition) is 0. The van der Waals surface area contributed by atoms with Crippen molar-refractivity contribution in [1.82, 2.24) is 4.98 Å². The van der Waals surface area contributed by atoms with E-state index in [4.69, 9.17) is 8.22 Å². The van der Waals surface area contributed by atoms with Crippen molar-refractivity contribution < 1.29 is 8.22 Å². The van der Waals surface area contributed by atoms with Gasteiger partial charge in [-0.3, -0.25) is 4.98 Å². The van der Waals surface area contributed by atoms with E-state index in [0.717, 1.165) is 11.1 Å². The highest BCUT2D eigenvalue weighted by Crippen LogP contribution is 2.39. The molecule has 1 atom stereocenters. The van der Waals surface area contributed by atoms with Crippen molar-refractivity contribution in [2.75, 3.05) is 0 Å². The van der Waals surface area contributed by atoms with Gasteiger partial charge in [0.1, 0.15) is 0 Å². The predicted molar refractivity (Wildman–Crippen MR) is 91.0 cm³/mol. The van der Waals surface area contributed by atoms with E-state index in [2.05, 4.69) is 4.98 Å². The van der Waals surface area contributed by atoms with Gasteiger partial charge in [-0.05, 0) is 54.0 Å². The van der Waals surface area contributed by atoms with E-state index in [1.165, 1.54) is 12.3 Å². The van der Waals surface area contributed by atoms with Crippen LogP contribution in [0.5, 0.6) is 0 Å². The van der Waals surface area contributed by atoms with Gasteiger partial charge >= 0.3 is 0 Å². The highest BCUT2D eigenvalue weighted by Gasteiger charge is 2.24. The summed E-state index contributed by atoms with van der Waals surface area (Å²) in [7, 11) is 0. The van der Waals surface area contributed by atoms with Crippen molar-refractivity contribution in [2.24, 2.45) is 0 Å². The molecule has 0 saturated carbocycles. The average Bonchev–Trinajstić information content (AvgIpc) is 2.88. The van der Waals surface area contributed by atoms with Crippen molar-refractivity contribution in [3.05, 3.63) is 89.1 Å². The molecular formula is C21H19N. The third kappa shape index (κ3) is 2.33. The quantitative estimate of drug-likeness (QED) is 0.637. The second kappa shape index (κ2) is 5.42. The lowest BCUT2D eigenvalue weighted by molar-refractivity contribution is 0.788. The van der Waals surface area contributed by atoms with Crippen molar-refractivity contribution in [3.63, 3.8) is 0 Å². The average molecular weight is 291 g/mol. The van der Waals surface area contributed by atoms with Crippen LogP contribution in [0.25, 0.3) is 11.3 Å². The second-order valence-electron chi connectivity index (χ2n) is 5.39. The lowest BCUT2D eigenvalue weighted by atomic mass is 9.91. The SMILES string of the molecule is [2H]C([2H])([2H])c1ccc(-c2ccc3c(c2)C([2H])(c2ccccc2)CC3([2H])[2H])nc1. The number of pyridine rings is 1. The first kappa shape index (κ1) is 8.28. The summed E-state index contributed by atoms with van der Waals surface area (Å²) >= 11 is 0. The molecule has 22 heavy (non-hydrogen) atoms. The monoisotopic (exact) mass is 291 g/mol. The molecular weight excluding hydrogens is 266 g/mol. The molecule has 1 aliphatic rings. The van der Waals surface area contributed by atoms with E-state index >= 15 is 0 Å². The third-order valence-electron chi connectivity index (χ3n) is 3.98. The first-order valence-electron chi connectivity index (χ1n) is 10.3. The van der Waals surface area contributed by atoms with Gasteiger partial charge in [0.25, 0.3) is 0 Å². The number of rotatable bonds is 2. The second-order valence-corrected chi connectivity index (χ2v) is 5.39. The molecule has 0 amide bonds. The summed E-state index contributed by atoms with van der Waals surface area (Å²) in [5.74, 6) is -1.19. The number of fused-ring (bicyclic) bond motifs is 1. The molecule has 1 aliphatic carbocycles. The zero-order chi connectivity index (χ0) is 20.2. The number of benzene rings is 2. The third-order valence-corrected chi connectivity index (χ3v) is 3.98. The smallest absolute Gasteiger partial charge is 0.0702 e. The van der Waals surface area contributed by atoms with Crippen molar-refractivity contribution >= 4 is 0 Å². The lowest BCUT2D eigenvalue weighted by Gasteiger charge is -2.13. The van der Waals surface area contributed by atoms with Crippen LogP contribution in [0, 0.1) is 6.85 Å². The van der Waals surface area contributed by atoms with Crippen LogP contribution in [-0.4, -0.2) is 4.98 Å². The maximum absolute atomic E-state index is 9.10. The minimum atomic E-state index is -2.21. The maximum atomic E-state index is 9.10. The predicted octanol–water partition coefficient (Wildman–Crippen LogP) is 5.14. The topological polar surface area (TPSA) is 12.9 Å². The summed E-state index contributed by atoms with van der Waals surface area (Å²) in [6.07, 6.45) is -0.196. The Morgan fingerprint density at radius 1 is 1.14 bits per heavy atom. The normalized spacial score (nSPS) is 26.7. The number of aromatic nitrogens is 1. The van der Waals surface area contributed by atoms with Crippen molar-refractivity contribution in [1.29, 1.82) is 0 Å². The molecule has 0 bridgehead atoms. The largest absolute Gasteiger partial charge is 0.256 e. The zero-order valence-corrected chi connectivity index (χ0v) is 12.0. The fourth-order valence-corrected chi connectivity index (χ4v) is 2.85. The highest BCUT2D eigenvalue weighted by molar-refractivity contribution is 5.63. The van der Waals surface area contributed by atoms with E-state index in [1.807, 2.05) is 36.4 Å². The van der Waals surface area contributed by atoms with Gasteiger partial charge in [-0.1, -0.05) is 48.5 Å². The zero-order valence-electron chi connectivity index (χ0n) is 18.0. The van der Waals surface area contributed by atoms with Crippen molar-refractivity contribution in [3.8, 4) is 11.3 Å². The first-order chi connectivity index (χ1) is 13.1. The summed E-state index contributed by atoms with van der Waals surface area (Å²) in [4.78, 5) is 4.28. The van der Waals surface area contributed by atoms with Crippen molar-refractivity contribution in [2.45, 2.75) is 25.5 Å². The maximum Gasteiger partial charge on any atom is 0.0702 e. The van der Waals surface area contributed by atoms with E-state index in [9.17, 15) is 0 Å². The molecule has 1 heteroatoms. The molecule has 1 aromatic heterocycles. The minimum Gasteiger partial charge on any atom is -0.256 e. The van der Waals surface area contributed by atoms with Gasteiger partial charge in [0.15, 0.2) is 0 Å². The van der Waals surface area contributed by atoms with Crippen LogP contribution in [0.15, 0.2) is 66.9 Å². The van der Waals surface area contributed by atoms with Crippen LogP contribution in [0.3, 0.4) is 0 Å². The van der Waals surface area contributed by atoms with Crippen LogP contribution in [0.2, 0.25) is 0 Å². The van der Waals surface area contributed by atoms with Gasteiger partial charge in [0.2, 0.25) is 0 Å². The molecule has 2 aromatic carbocycles. The molecule has 0 N–H and O–H groups in total. The fraction of sp³-hybridized carbons (Fsp3) is 0.190. The standard InChI is InChI=1S/C21H19N/c1-15-7-12-21(22-14-15)18-9-8-17-10-11-19(20(17)13-18)16-5-3-2-4-6-16/h2-9,12-14,19H,10-11H2,1H3/i1D3,10D2,19D. The van der Waals surface area contributed by atoms with Crippen LogP contribution in [0.1, 0.15) is 42.8 Å². The minimum absolute atomic E-state index is 0.0498. The molecule has 3 aromatic rings. The Labute approximate surface area is 140 Å². The van der Waals surface area contributed by atoms with Gasteiger partial charge in [0.05, 0.1) is 5.69 Å². The Balaban J connectivity index is 1.82. The van der Waals surface area contributed by atoms with E-state index in [-0.39, 0.29) is 12.0 Å². The lowest BCUT2D eigenvalue weighted by Crippen LogP contribution is -1.96. The highest BCUT2D eigenvalue weighted by atomic mass is 14.7. The Morgan fingerprint density at radius 3 is 2.82 bits per heavy atom. The summed E-state index contributed by atoms with van der Waals surface area (Å²) in [5.41, 5.74) is 3.41. The molecule has 108 valence electrons. The molecule has 1 heterocycles. The molecule has 4 rings (SSSR count). The molecule has 1 unspecified atom stereocenters. The fourth-order valence-electron chi connectivity index (χ4n) is 2.85.